The SMILES string of the molecule is COc1cccnc1-c1cc(=O)[nH]c(C(F)(F)F)n1. The van der Waals surface area contributed by atoms with E-state index in [4.69, 9.17) is 4.74 Å². The van der Waals surface area contributed by atoms with Crippen LogP contribution in [0.25, 0.3) is 11.4 Å². The predicted octanol–water partition coefficient (Wildman–Crippen LogP) is 1.86. The molecule has 5 nitrogen and oxygen atoms in total. The Morgan fingerprint density at radius 2 is 2.11 bits per heavy atom. The molecule has 0 aromatic carbocycles. The first-order valence-corrected chi connectivity index (χ1v) is 5.10. The van der Waals surface area contributed by atoms with Crippen LogP contribution in [-0.2, 0) is 6.18 Å². The maximum atomic E-state index is 12.6. The molecule has 0 aliphatic carbocycles. The molecule has 0 aliphatic rings. The van der Waals surface area contributed by atoms with Crippen molar-refractivity contribution in [2.45, 2.75) is 6.18 Å². The van der Waals surface area contributed by atoms with E-state index in [0.29, 0.717) is 0 Å². The van der Waals surface area contributed by atoms with Crippen LogP contribution in [0.1, 0.15) is 5.82 Å². The van der Waals surface area contributed by atoms with Crippen molar-refractivity contribution >= 4 is 0 Å². The van der Waals surface area contributed by atoms with Crippen LogP contribution in [0.4, 0.5) is 13.2 Å². The van der Waals surface area contributed by atoms with Gasteiger partial charge in [0.1, 0.15) is 17.1 Å². The monoisotopic (exact) mass is 271 g/mol. The summed E-state index contributed by atoms with van der Waals surface area (Å²) >= 11 is 0. The van der Waals surface area contributed by atoms with Crippen molar-refractivity contribution in [3.05, 3.63) is 40.6 Å². The molecule has 0 saturated heterocycles. The van der Waals surface area contributed by atoms with Gasteiger partial charge >= 0.3 is 6.18 Å². The van der Waals surface area contributed by atoms with Crippen molar-refractivity contribution in [2.75, 3.05) is 7.11 Å². The van der Waals surface area contributed by atoms with Crippen molar-refractivity contribution < 1.29 is 17.9 Å². The van der Waals surface area contributed by atoms with E-state index in [9.17, 15) is 18.0 Å². The van der Waals surface area contributed by atoms with Crippen molar-refractivity contribution in [3.63, 3.8) is 0 Å². The van der Waals surface area contributed by atoms with Crippen molar-refractivity contribution in [1.82, 2.24) is 15.0 Å². The summed E-state index contributed by atoms with van der Waals surface area (Å²) < 4.78 is 42.7. The second kappa shape index (κ2) is 4.71. The first-order valence-electron chi connectivity index (χ1n) is 5.10. The number of H-pyrrole nitrogens is 1. The molecule has 0 bridgehead atoms. The number of pyridine rings is 1. The molecular weight excluding hydrogens is 263 g/mol. The molecule has 0 radical (unpaired) electrons. The van der Waals surface area contributed by atoms with Crippen LogP contribution in [-0.4, -0.2) is 22.1 Å². The Hall–Kier alpha value is -2.38. The molecule has 0 amide bonds. The molecule has 0 unspecified atom stereocenters. The smallest absolute Gasteiger partial charge is 0.449 e. The average Bonchev–Trinajstić information content (AvgIpc) is 2.37. The lowest BCUT2D eigenvalue weighted by Gasteiger charge is -2.09. The van der Waals surface area contributed by atoms with Gasteiger partial charge in [0.2, 0.25) is 5.82 Å². The lowest BCUT2D eigenvalue weighted by molar-refractivity contribution is -0.145. The molecule has 2 aromatic heterocycles. The Bertz CT molecular complexity index is 652. The topological polar surface area (TPSA) is 67.9 Å². The fourth-order valence-corrected chi connectivity index (χ4v) is 1.46. The van der Waals surface area contributed by atoms with E-state index in [1.807, 2.05) is 0 Å². The second-order valence-electron chi connectivity index (χ2n) is 3.53. The highest BCUT2D eigenvalue weighted by molar-refractivity contribution is 5.61. The molecule has 0 fully saturated rings. The van der Waals surface area contributed by atoms with Crippen LogP contribution >= 0.6 is 0 Å². The minimum absolute atomic E-state index is 0.0709. The standard InChI is InChI=1S/C11H8F3N3O2/c1-19-7-3-2-4-15-9(7)6-5-8(18)17-10(16-6)11(12,13)14/h2-5H,1H3,(H,16,17,18). The minimum Gasteiger partial charge on any atom is -0.494 e. The highest BCUT2D eigenvalue weighted by Gasteiger charge is 2.34. The molecule has 0 atom stereocenters. The van der Waals surface area contributed by atoms with E-state index < -0.39 is 17.6 Å². The Morgan fingerprint density at radius 1 is 1.37 bits per heavy atom. The fraction of sp³-hybridized carbons (Fsp3) is 0.182. The number of halogens is 3. The Kier molecular flexibility index (Phi) is 3.24. The van der Waals surface area contributed by atoms with Crippen molar-refractivity contribution in [2.24, 2.45) is 0 Å². The summed E-state index contributed by atoms with van der Waals surface area (Å²) in [6.07, 6.45) is -3.37. The zero-order valence-electron chi connectivity index (χ0n) is 9.65. The van der Waals surface area contributed by atoms with Crippen molar-refractivity contribution in [1.29, 1.82) is 0 Å². The van der Waals surface area contributed by atoms with E-state index >= 15 is 0 Å². The van der Waals surface area contributed by atoms with Crippen LogP contribution in [0.15, 0.2) is 29.2 Å². The zero-order chi connectivity index (χ0) is 14.0. The van der Waals surface area contributed by atoms with E-state index in [0.717, 1.165) is 6.07 Å². The van der Waals surface area contributed by atoms with Crippen LogP contribution in [0.2, 0.25) is 0 Å². The van der Waals surface area contributed by atoms with E-state index in [1.165, 1.54) is 19.4 Å². The van der Waals surface area contributed by atoms with E-state index in [2.05, 4.69) is 9.97 Å². The number of rotatable bonds is 2. The maximum Gasteiger partial charge on any atom is 0.449 e. The Labute approximate surface area is 105 Å². The molecule has 0 saturated carbocycles. The highest BCUT2D eigenvalue weighted by atomic mass is 19.4. The first kappa shape index (κ1) is 13.1. The minimum atomic E-state index is -4.74. The number of ether oxygens (including phenoxy) is 1. The van der Waals surface area contributed by atoms with Crippen molar-refractivity contribution in [3.8, 4) is 17.1 Å². The van der Waals surface area contributed by atoms with Gasteiger partial charge in [0.25, 0.3) is 5.56 Å². The molecule has 1 N–H and O–H groups in total. The molecule has 0 spiro atoms. The first-order chi connectivity index (χ1) is 8.91. The van der Waals surface area contributed by atoms with E-state index in [1.54, 1.807) is 11.1 Å². The Morgan fingerprint density at radius 3 is 2.74 bits per heavy atom. The van der Waals surface area contributed by atoms with Crippen LogP contribution in [0.5, 0.6) is 5.75 Å². The molecule has 19 heavy (non-hydrogen) atoms. The summed E-state index contributed by atoms with van der Waals surface area (Å²) in [4.78, 5) is 20.1. The number of hydrogen-bond acceptors (Lipinski definition) is 4. The number of nitrogens with zero attached hydrogens (tertiary/aromatic N) is 2. The van der Waals surface area contributed by atoms with Gasteiger partial charge < -0.3 is 9.72 Å². The molecule has 2 aromatic rings. The number of nitrogens with one attached hydrogen (secondary N) is 1. The summed E-state index contributed by atoms with van der Waals surface area (Å²) in [5, 5.41) is 0. The predicted molar refractivity (Wildman–Crippen MR) is 59.6 cm³/mol. The van der Waals surface area contributed by atoms with Gasteiger partial charge in [0.15, 0.2) is 0 Å². The summed E-state index contributed by atoms with van der Waals surface area (Å²) in [5.41, 5.74) is -1.04. The van der Waals surface area contributed by atoms with E-state index in [-0.39, 0.29) is 17.1 Å². The highest BCUT2D eigenvalue weighted by Crippen LogP contribution is 2.29. The van der Waals surface area contributed by atoms with Gasteiger partial charge in [-0.1, -0.05) is 0 Å². The van der Waals surface area contributed by atoms with Crippen LogP contribution in [0.3, 0.4) is 0 Å². The van der Waals surface area contributed by atoms with Crippen LogP contribution < -0.4 is 10.3 Å². The second-order valence-corrected chi connectivity index (χ2v) is 3.53. The third-order valence-corrected chi connectivity index (χ3v) is 2.24. The lowest BCUT2D eigenvalue weighted by Crippen LogP contribution is -2.19. The quantitative estimate of drug-likeness (QED) is 0.905. The third-order valence-electron chi connectivity index (χ3n) is 2.24. The molecule has 2 rings (SSSR count). The third kappa shape index (κ3) is 2.72. The lowest BCUT2D eigenvalue weighted by atomic mass is 10.2. The number of aromatic nitrogens is 3. The van der Waals surface area contributed by atoms with Gasteiger partial charge in [0, 0.05) is 12.3 Å². The summed E-state index contributed by atoms with van der Waals surface area (Å²) in [7, 11) is 1.35. The number of hydrogen-bond donors (Lipinski definition) is 1. The van der Waals surface area contributed by atoms with Gasteiger partial charge in [-0.25, -0.2) is 4.98 Å². The van der Waals surface area contributed by atoms with Gasteiger partial charge in [-0.2, -0.15) is 13.2 Å². The summed E-state index contributed by atoms with van der Waals surface area (Å²) in [5.74, 6) is -1.14. The van der Waals surface area contributed by atoms with Gasteiger partial charge in [-0.3, -0.25) is 9.78 Å². The normalized spacial score (nSPS) is 11.4. The Balaban J connectivity index is 2.63. The molecule has 0 aliphatic heterocycles. The maximum absolute atomic E-state index is 12.6. The summed E-state index contributed by atoms with van der Waals surface area (Å²) in [6.45, 7) is 0. The summed E-state index contributed by atoms with van der Waals surface area (Å²) in [6, 6.07) is 4.00. The molecular formula is C11H8F3N3O2. The van der Waals surface area contributed by atoms with Crippen LogP contribution in [0, 0.1) is 0 Å². The van der Waals surface area contributed by atoms with Gasteiger partial charge in [-0.15, -0.1) is 0 Å². The largest absolute Gasteiger partial charge is 0.494 e. The number of aromatic amines is 1. The van der Waals surface area contributed by atoms with Gasteiger partial charge in [0.05, 0.1) is 7.11 Å². The molecule has 100 valence electrons. The average molecular weight is 271 g/mol. The molecule has 2 heterocycles. The fourth-order valence-electron chi connectivity index (χ4n) is 1.46. The zero-order valence-corrected chi connectivity index (χ0v) is 9.65. The number of alkyl halides is 3. The van der Waals surface area contributed by atoms with Gasteiger partial charge in [-0.05, 0) is 12.1 Å². The molecule has 8 heteroatoms. The number of methoxy groups -OCH3 is 1.